The third-order valence-electron chi connectivity index (χ3n) is 3.91. The standard InChI is InChI=1S/C18H14N2O4/c1-23-13-6-7-15-11(8-13)9-14-17(22)19-16(20-18(14)24-15)10-2-4-12(21)5-3-10/h2-9,18,21H,1H3,(H,19,20,22). The van der Waals surface area contributed by atoms with E-state index in [0.29, 0.717) is 28.5 Å². The van der Waals surface area contributed by atoms with E-state index in [2.05, 4.69) is 10.3 Å². The van der Waals surface area contributed by atoms with E-state index >= 15 is 0 Å². The molecule has 0 saturated heterocycles. The molecule has 1 amide bonds. The van der Waals surface area contributed by atoms with Gasteiger partial charge < -0.3 is 19.9 Å². The van der Waals surface area contributed by atoms with Gasteiger partial charge in [-0.1, -0.05) is 0 Å². The molecule has 120 valence electrons. The van der Waals surface area contributed by atoms with Gasteiger partial charge in [0.05, 0.1) is 12.7 Å². The number of hydrogen-bond donors (Lipinski definition) is 2. The third-order valence-corrected chi connectivity index (χ3v) is 3.91. The van der Waals surface area contributed by atoms with Crippen LogP contribution >= 0.6 is 0 Å². The van der Waals surface area contributed by atoms with Gasteiger partial charge in [0.1, 0.15) is 23.1 Å². The van der Waals surface area contributed by atoms with Crippen molar-refractivity contribution in [2.45, 2.75) is 6.23 Å². The zero-order chi connectivity index (χ0) is 16.7. The van der Waals surface area contributed by atoms with Crippen LogP contribution in [-0.2, 0) is 4.79 Å². The van der Waals surface area contributed by atoms with Crippen molar-refractivity contribution in [3.05, 3.63) is 59.2 Å². The number of aliphatic imine (C=N–C) groups is 1. The van der Waals surface area contributed by atoms with E-state index in [0.717, 1.165) is 5.56 Å². The van der Waals surface area contributed by atoms with Crippen molar-refractivity contribution in [3.63, 3.8) is 0 Å². The van der Waals surface area contributed by atoms with Gasteiger partial charge in [-0.3, -0.25) is 4.79 Å². The van der Waals surface area contributed by atoms with E-state index in [4.69, 9.17) is 9.47 Å². The number of ether oxygens (including phenoxy) is 2. The van der Waals surface area contributed by atoms with Gasteiger partial charge in [-0.15, -0.1) is 0 Å². The highest BCUT2D eigenvalue weighted by atomic mass is 16.5. The fourth-order valence-corrected chi connectivity index (χ4v) is 2.67. The van der Waals surface area contributed by atoms with Crippen molar-refractivity contribution < 1.29 is 19.4 Å². The Labute approximate surface area is 138 Å². The summed E-state index contributed by atoms with van der Waals surface area (Å²) < 4.78 is 11.1. The molecule has 0 saturated carbocycles. The quantitative estimate of drug-likeness (QED) is 0.887. The van der Waals surface area contributed by atoms with Gasteiger partial charge in [0, 0.05) is 11.1 Å². The lowest BCUT2D eigenvalue weighted by Crippen LogP contribution is -2.43. The molecule has 2 aromatic carbocycles. The number of rotatable bonds is 2. The highest BCUT2D eigenvalue weighted by Crippen LogP contribution is 2.34. The monoisotopic (exact) mass is 322 g/mol. The number of benzene rings is 2. The zero-order valence-corrected chi connectivity index (χ0v) is 12.8. The van der Waals surface area contributed by atoms with Crippen molar-refractivity contribution in [1.82, 2.24) is 5.32 Å². The van der Waals surface area contributed by atoms with Gasteiger partial charge in [-0.05, 0) is 48.5 Å². The molecule has 0 spiro atoms. The molecular formula is C18H14N2O4. The van der Waals surface area contributed by atoms with Crippen molar-refractivity contribution >= 4 is 17.8 Å². The van der Waals surface area contributed by atoms with Crippen LogP contribution in [0.1, 0.15) is 11.1 Å². The number of carbonyl (C=O) groups excluding carboxylic acids is 1. The number of carbonyl (C=O) groups is 1. The highest BCUT2D eigenvalue weighted by Gasteiger charge is 2.32. The van der Waals surface area contributed by atoms with E-state index in [9.17, 15) is 9.90 Å². The van der Waals surface area contributed by atoms with E-state index in [1.807, 2.05) is 6.07 Å². The molecule has 4 rings (SSSR count). The molecule has 0 radical (unpaired) electrons. The number of amidine groups is 1. The first-order chi connectivity index (χ1) is 11.6. The zero-order valence-electron chi connectivity index (χ0n) is 12.8. The van der Waals surface area contributed by atoms with Gasteiger partial charge in [-0.2, -0.15) is 0 Å². The Kier molecular flexibility index (Phi) is 3.23. The van der Waals surface area contributed by atoms with Crippen LogP contribution < -0.4 is 14.8 Å². The topological polar surface area (TPSA) is 80.2 Å². The first-order valence-corrected chi connectivity index (χ1v) is 7.39. The summed E-state index contributed by atoms with van der Waals surface area (Å²) in [7, 11) is 1.59. The molecule has 0 bridgehead atoms. The van der Waals surface area contributed by atoms with E-state index in [1.165, 1.54) is 0 Å². The Balaban J connectivity index is 1.72. The SMILES string of the molecule is COc1ccc2c(c1)C=C1C(=O)NC(c3ccc(O)cc3)=NC1O2. The van der Waals surface area contributed by atoms with Gasteiger partial charge in [-0.25, -0.2) is 4.99 Å². The predicted molar refractivity (Wildman–Crippen MR) is 88.2 cm³/mol. The number of methoxy groups -OCH3 is 1. The number of amides is 1. The number of aromatic hydroxyl groups is 1. The fraction of sp³-hybridized carbons (Fsp3) is 0.111. The molecule has 0 fully saturated rings. The maximum atomic E-state index is 12.4. The average Bonchev–Trinajstić information content (AvgIpc) is 2.60. The normalized spacial score (nSPS) is 18.4. The molecular weight excluding hydrogens is 308 g/mol. The summed E-state index contributed by atoms with van der Waals surface area (Å²) in [5.41, 5.74) is 1.92. The van der Waals surface area contributed by atoms with Crippen LogP contribution in [0.4, 0.5) is 0 Å². The minimum Gasteiger partial charge on any atom is -0.508 e. The second kappa shape index (κ2) is 5.42. The summed E-state index contributed by atoms with van der Waals surface area (Å²) in [4.78, 5) is 16.9. The van der Waals surface area contributed by atoms with Gasteiger partial charge in [0.25, 0.3) is 5.91 Å². The lowest BCUT2D eigenvalue weighted by molar-refractivity contribution is -0.117. The Hall–Kier alpha value is -3.28. The molecule has 6 nitrogen and oxygen atoms in total. The summed E-state index contributed by atoms with van der Waals surface area (Å²) >= 11 is 0. The minimum absolute atomic E-state index is 0.152. The summed E-state index contributed by atoms with van der Waals surface area (Å²) in [6, 6.07) is 11.9. The molecule has 0 aromatic heterocycles. The summed E-state index contributed by atoms with van der Waals surface area (Å²) in [6.07, 6.45) is 1.07. The molecule has 2 heterocycles. The second-order valence-electron chi connectivity index (χ2n) is 5.45. The van der Waals surface area contributed by atoms with Gasteiger partial charge >= 0.3 is 0 Å². The first-order valence-electron chi connectivity index (χ1n) is 7.39. The third kappa shape index (κ3) is 2.38. The molecule has 2 aliphatic heterocycles. The van der Waals surface area contributed by atoms with Crippen molar-refractivity contribution in [3.8, 4) is 17.2 Å². The summed E-state index contributed by atoms with van der Waals surface area (Å²) in [5.74, 6) is 1.65. The molecule has 2 aromatic rings. The van der Waals surface area contributed by atoms with Crippen LogP contribution in [0.2, 0.25) is 0 Å². The summed E-state index contributed by atoms with van der Waals surface area (Å²) in [6.45, 7) is 0. The highest BCUT2D eigenvalue weighted by molar-refractivity contribution is 6.16. The molecule has 1 atom stereocenters. The lowest BCUT2D eigenvalue weighted by atomic mass is 10.0. The molecule has 0 aliphatic carbocycles. The lowest BCUT2D eigenvalue weighted by Gasteiger charge is -2.28. The van der Waals surface area contributed by atoms with Crippen LogP contribution in [-0.4, -0.2) is 30.2 Å². The fourth-order valence-electron chi connectivity index (χ4n) is 2.67. The van der Waals surface area contributed by atoms with Gasteiger partial charge in [0.15, 0.2) is 0 Å². The van der Waals surface area contributed by atoms with Crippen LogP contribution in [0, 0.1) is 0 Å². The number of nitrogens with one attached hydrogen (secondary N) is 1. The summed E-state index contributed by atoms with van der Waals surface area (Å²) in [5, 5.41) is 12.1. The Bertz CT molecular complexity index is 884. The number of nitrogens with zero attached hydrogens (tertiary/aromatic N) is 1. The van der Waals surface area contributed by atoms with Crippen LogP contribution in [0.25, 0.3) is 6.08 Å². The van der Waals surface area contributed by atoms with Crippen LogP contribution in [0.15, 0.2) is 53.0 Å². The van der Waals surface area contributed by atoms with E-state index in [-0.39, 0.29) is 11.7 Å². The van der Waals surface area contributed by atoms with Crippen LogP contribution in [0.5, 0.6) is 17.2 Å². The van der Waals surface area contributed by atoms with Crippen molar-refractivity contribution in [1.29, 1.82) is 0 Å². The van der Waals surface area contributed by atoms with Crippen molar-refractivity contribution in [2.24, 2.45) is 4.99 Å². The first kappa shape index (κ1) is 14.3. The van der Waals surface area contributed by atoms with Gasteiger partial charge in [0.2, 0.25) is 6.23 Å². The second-order valence-corrected chi connectivity index (χ2v) is 5.45. The number of phenolic OH excluding ortho intramolecular Hbond substituents is 1. The minimum atomic E-state index is -0.691. The maximum Gasteiger partial charge on any atom is 0.258 e. The maximum absolute atomic E-state index is 12.4. The molecule has 24 heavy (non-hydrogen) atoms. The van der Waals surface area contributed by atoms with E-state index < -0.39 is 6.23 Å². The molecule has 2 aliphatic rings. The largest absolute Gasteiger partial charge is 0.508 e. The van der Waals surface area contributed by atoms with E-state index in [1.54, 1.807) is 49.6 Å². The predicted octanol–water partition coefficient (Wildman–Crippen LogP) is 2.08. The molecule has 6 heteroatoms. The Morgan fingerprint density at radius 2 is 2.00 bits per heavy atom. The Morgan fingerprint density at radius 3 is 2.75 bits per heavy atom. The molecule has 2 N–H and O–H groups in total. The average molecular weight is 322 g/mol. The smallest absolute Gasteiger partial charge is 0.258 e. The van der Waals surface area contributed by atoms with Crippen LogP contribution in [0.3, 0.4) is 0 Å². The van der Waals surface area contributed by atoms with Crippen molar-refractivity contribution in [2.75, 3.05) is 7.11 Å². The Morgan fingerprint density at radius 1 is 1.21 bits per heavy atom. The number of hydrogen-bond acceptors (Lipinski definition) is 5. The number of fused-ring (bicyclic) bond motifs is 2. The number of phenols is 1. The molecule has 1 unspecified atom stereocenters.